The maximum absolute atomic E-state index is 11.2. The molecule has 0 bridgehead atoms. The first-order valence-corrected chi connectivity index (χ1v) is 8.08. The van der Waals surface area contributed by atoms with Crippen molar-refractivity contribution in [2.45, 2.75) is 11.6 Å². The van der Waals surface area contributed by atoms with Crippen molar-refractivity contribution in [2.24, 2.45) is 0 Å². The minimum absolute atomic E-state index is 0.235. The van der Waals surface area contributed by atoms with Gasteiger partial charge in [0.05, 0.1) is 12.3 Å². The second-order valence-electron chi connectivity index (χ2n) is 4.79. The van der Waals surface area contributed by atoms with Crippen LogP contribution in [0.4, 0.5) is 5.69 Å². The number of rotatable bonds is 4. The molecule has 0 aliphatic heterocycles. The maximum Gasteiger partial charge on any atom is 0.229 e. The Balaban J connectivity index is 2.29. The van der Waals surface area contributed by atoms with Crippen LogP contribution >= 0.6 is 0 Å². The monoisotopic (exact) mass is 294 g/mol. The third-order valence-electron chi connectivity index (χ3n) is 3.20. The highest BCUT2D eigenvalue weighted by atomic mass is 32.2. The minimum Gasteiger partial charge on any atom is -0.379 e. The molecule has 2 atom stereocenters. The molecule has 0 spiro atoms. The van der Waals surface area contributed by atoms with Crippen molar-refractivity contribution in [1.29, 1.82) is 0 Å². The Hall–Kier alpha value is -1.63. The number of benzene rings is 1. The standard InChI is InChI=1S/C14H18N2O3S/c1-15-13-5-3-4-10-14(13,17)11-6-8-12(9-7-11)16-20(2,18)19/h3-10,13,15-17H,1-2H3. The van der Waals surface area contributed by atoms with E-state index in [0.29, 0.717) is 11.3 Å². The highest BCUT2D eigenvalue weighted by molar-refractivity contribution is 7.92. The van der Waals surface area contributed by atoms with Crippen LogP contribution in [0.15, 0.2) is 48.6 Å². The van der Waals surface area contributed by atoms with Crippen molar-refractivity contribution in [3.05, 3.63) is 54.1 Å². The Kier molecular flexibility index (Phi) is 3.99. The summed E-state index contributed by atoms with van der Waals surface area (Å²) in [4.78, 5) is 0. The Morgan fingerprint density at radius 3 is 2.40 bits per heavy atom. The average Bonchev–Trinajstić information content (AvgIpc) is 2.38. The second-order valence-corrected chi connectivity index (χ2v) is 6.54. The summed E-state index contributed by atoms with van der Waals surface area (Å²) in [6.07, 6.45) is 8.35. The number of allylic oxidation sites excluding steroid dienone is 2. The highest BCUT2D eigenvalue weighted by Gasteiger charge is 2.34. The van der Waals surface area contributed by atoms with Gasteiger partial charge in [-0.2, -0.15) is 0 Å². The first kappa shape index (κ1) is 14.8. The Morgan fingerprint density at radius 2 is 1.85 bits per heavy atom. The molecule has 1 aromatic rings. The van der Waals surface area contributed by atoms with E-state index in [1.165, 1.54) is 0 Å². The molecule has 108 valence electrons. The largest absolute Gasteiger partial charge is 0.379 e. The molecular weight excluding hydrogens is 276 g/mol. The van der Waals surface area contributed by atoms with E-state index >= 15 is 0 Å². The Morgan fingerprint density at radius 1 is 1.20 bits per heavy atom. The number of sulfonamides is 1. The average molecular weight is 294 g/mol. The van der Waals surface area contributed by atoms with Gasteiger partial charge in [-0.15, -0.1) is 0 Å². The van der Waals surface area contributed by atoms with Gasteiger partial charge < -0.3 is 10.4 Å². The zero-order chi connectivity index (χ0) is 14.8. The summed E-state index contributed by atoms with van der Waals surface area (Å²) in [6.45, 7) is 0. The molecule has 0 aromatic heterocycles. The molecule has 2 rings (SSSR count). The van der Waals surface area contributed by atoms with Crippen molar-refractivity contribution >= 4 is 15.7 Å². The number of aliphatic hydroxyl groups is 1. The van der Waals surface area contributed by atoms with Gasteiger partial charge in [0.2, 0.25) is 10.0 Å². The van der Waals surface area contributed by atoms with E-state index in [0.717, 1.165) is 6.26 Å². The summed E-state index contributed by atoms with van der Waals surface area (Å²) in [5.41, 5.74) is 0.0142. The molecule has 0 fully saturated rings. The van der Waals surface area contributed by atoms with Gasteiger partial charge in [-0.05, 0) is 30.8 Å². The number of nitrogens with one attached hydrogen (secondary N) is 2. The van der Waals surface area contributed by atoms with Crippen LogP contribution in [0.25, 0.3) is 0 Å². The van der Waals surface area contributed by atoms with Gasteiger partial charge in [-0.1, -0.05) is 30.4 Å². The lowest BCUT2D eigenvalue weighted by atomic mass is 9.83. The molecule has 1 aliphatic rings. The molecule has 0 heterocycles. The zero-order valence-electron chi connectivity index (χ0n) is 11.4. The molecule has 1 aromatic carbocycles. The topological polar surface area (TPSA) is 78.4 Å². The summed E-state index contributed by atoms with van der Waals surface area (Å²) in [6, 6.07) is 6.45. The molecule has 0 saturated heterocycles. The predicted octanol–water partition coefficient (Wildman–Crippen LogP) is 0.960. The maximum atomic E-state index is 11.2. The summed E-state index contributed by atoms with van der Waals surface area (Å²) in [7, 11) is -1.52. The van der Waals surface area contributed by atoms with Crippen LogP contribution in [0.1, 0.15) is 5.56 Å². The van der Waals surface area contributed by atoms with Crippen LogP contribution in [-0.2, 0) is 15.6 Å². The van der Waals surface area contributed by atoms with Crippen molar-refractivity contribution in [3.8, 4) is 0 Å². The van der Waals surface area contributed by atoms with Gasteiger partial charge in [0.1, 0.15) is 5.60 Å². The molecule has 0 radical (unpaired) electrons. The van der Waals surface area contributed by atoms with Crippen molar-refractivity contribution in [1.82, 2.24) is 5.32 Å². The number of anilines is 1. The zero-order valence-corrected chi connectivity index (χ0v) is 12.2. The SMILES string of the molecule is CNC1C=CC=CC1(O)c1ccc(NS(C)(=O)=O)cc1. The van der Waals surface area contributed by atoms with Gasteiger partial charge in [0.15, 0.2) is 0 Å². The molecule has 3 N–H and O–H groups in total. The summed E-state index contributed by atoms with van der Waals surface area (Å²) >= 11 is 0. The highest BCUT2D eigenvalue weighted by Crippen LogP contribution is 2.30. The lowest BCUT2D eigenvalue weighted by Crippen LogP contribution is -2.45. The van der Waals surface area contributed by atoms with E-state index in [1.807, 2.05) is 12.2 Å². The lowest BCUT2D eigenvalue weighted by molar-refractivity contribution is 0.0636. The first-order valence-electron chi connectivity index (χ1n) is 6.19. The fraction of sp³-hybridized carbons (Fsp3) is 0.286. The van der Waals surface area contributed by atoms with Crippen LogP contribution in [-0.4, -0.2) is 32.9 Å². The third-order valence-corrected chi connectivity index (χ3v) is 3.81. The smallest absolute Gasteiger partial charge is 0.229 e. The fourth-order valence-electron chi connectivity index (χ4n) is 2.24. The Labute approximate surface area is 119 Å². The fourth-order valence-corrected chi connectivity index (χ4v) is 2.80. The summed E-state index contributed by atoms with van der Waals surface area (Å²) < 4.78 is 24.7. The van der Waals surface area contributed by atoms with Crippen molar-refractivity contribution in [2.75, 3.05) is 18.0 Å². The van der Waals surface area contributed by atoms with Crippen LogP contribution < -0.4 is 10.0 Å². The van der Waals surface area contributed by atoms with E-state index < -0.39 is 15.6 Å². The second kappa shape index (κ2) is 5.40. The molecule has 6 heteroatoms. The van der Waals surface area contributed by atoms with Gasteiger partial charge in [-0.25, -0.2) is 8.42 Å². The van der Waals surface area contributed by atoms with Gasteiger partial charge in [0, 0.05) is 5.69 Å². The van der Waals surface area contributed by atoms with E-state index in [9.17, 15) is 13.5 Å². The van der Waals surface area contributed by atoms with Gasteiger partial charge in [0.25, 0.3) is 0 Å². The predicted molar refractivity (Wildman–Crippen MR) is 79.9 cm³/mol. The number of hydrogen-bond donors (Lipinski definition) is 3. The van der Waals surface area contributed by atoms with Crippen LogP contribution in [0.2, 0.25) is 0 Å². The van der Waals surface area contributed by atoms with Crippen LogP contribution in [0.5, 0.6) is 0 Å². The molecule has 0 saturated carbocycles. The number of hydrogen-bond acceptors (Lipinski definition) is 4. The van der Waals surface area contributed by atoms with Crippen LogP contribution in [0.3, 0.4) is 0 Å². The van der Waals surface area contributed by atoms with E-state index in [2.05, 4.69) is 10.0 Å². The van der Waals surface area contributed by atoms with Crippen LogP contribution in [0, 0.1) is 0 Å². The summed E-state index contributed by atoms with van der Waals surface area (Å²) in [5, 5.41) is 13.8. The Bertz CT molecular complexity index is 635. The van der Waals surface area contributed by atoms with E-state index in [4.69, 9.17) is 0 Å². The normalized spacial score (nSPS) is 25.6. The molecule has 2 unspecified atom stereocenters. The minimum atomic E-state index is -3.30. The van der Waals surface area contributed by atoms with Crippen molar-refractivity contribution in [3.63, 3.8) is 0 Å². The molecule has 0 amide bonds. The number of likely N-dealkylation sites (N-methyl/N-ethyl adjacent to an activating group) is 1. The van der Waals surface area contributed by atoms with Gasteiger partial charge in [-0.3, -0.25) is 4.72 Å². The summed E-state index contributed by atoms with van der Waals surface area (Å²) in [5.74, 6) is 0. The first-order chi connectivity index (χ1) is 9.35. The van der Waals surface area contributed by atoms with E-state index in [1.54, 1.807) is 43.5 Å². The van der Waals surface area contributed by atoms with E-state index in [-0.39, 0.29) is 6.04 Å². The molecule has 20 heavy (non-hydrogen) atoms. The molecule has 1 aliphatic carbocycles. The molecular formula is C14H18N2O3S. The third kappa shape index (κ3) is 3.09. The lowest BCUT2D eigenvalue weighted by Gasteiger charge is -2.34. The molecule has 5 nitrogen and oxygen atoms in total. The van der Waals surface area contributed by atoms with Gasteiger partial charge >= 0.3 is 0 Å². The van der Waals surface area contributed by atoms with Crippen molar-refractivity contribution < 1.29 is 13.5 Å². The quantitative estimate of drug-likeness (QED) is 0.773.